The van der Waals surface area contributed by atoms with Crippen LogP contribution in [0, 0.1) is 17.3 Å². The molecule has 200 valence electrons. The Morgan fingerprint density at radius 1 is 1.17 bits per heavy atom. The van der Waals surface area contributed by atoms with Crippen molar-refractivity contribution in [3.63, 3.8) is 0 Å². The maximum absolute atomic E-state index is 12.4. The maximum atomic E-state index is 12.4. The maximum Gasteiger partial charge on any atom is 0.246 e. The molecule has 2 amide bonds. The number of hydrogen-bond acceptors (Lipinski definition) is 7. The van der Waals surface area contributed by atoms with Crippen molar-refractivity contribution in [3.05, 3.63) is 23.9 Å². The van der Waals surface area contributed by atoms with Crippen molar-refractivity contribution in [1.82, 2.24) is 25.1 Å². The van der Waals surface area contributed by atoms with E-state index in [1.165, 1.54) is 11.0 Å². The SMILES string of the molecule is CCCNc1nc(NCC(C)(C)C)ncc1C#CCCCNC(=O)[C@H](C)N(C)C(=O)/C=C/CN(C)C. The van der Waals surface area contributed by atoms with E-state index >= 15 is 0 Å². The van der Waals surface area contributed by atoms with Gasteiger partial charge in [-0.15, -0.1) is 0 Å². The topological polar surface area (TPSA) is 102 Å². The Kier molecular flexibility index (Phi) is 13.6. The number of aromatic nitrogens is 2. The Bertz CT molecular complexity index is 926. The lowest BCUT2D eigenvalue weighted by Gasteiger charge is -2.23. The number of hydrogen-bond donors (Lipinski definition) is 3. The van der Waals surface area contributed by atoms with E-state index in [2.05, 4.69) is 65.5 Å². The Labute approximate surface area is 217 Å². The third-order valence-electron chi connectivity index (χ3n) is 5.15. The average Bonchev–Trinajstić information content (AvgIpc) is 2.82. The van der Waals surface area contributed by atoms with Crippen LogP contribution in [0.1, 0.15) is 59.4 Å². The summed E-state index contributed by atoms with van der Waals surface area (Å²) in [7, 11) is 5.49. The van der Waals surface area contributed by atoms with Gasteiger partial charge in [0.1, 0.15) is 11.9 Å². The van der Waals surface area contributed by atoms with Crippen molar-refractivity contribution in [2.75, 3.05) is 58.0 Å². The van der Waals surface area contributed by atoms with Crippen LogP contribution in [0.3, 0.4) is 0 Å². The zero-order chi connectivity index (χ0) is 27.1. The minimum absolute atomic E-state index is 0.125. The molecule has 0 aliphatic carbocycles. The number of anilines is 2. The highest BCUT2D eigenvalue weighted by Crippen LogP contribution is 2.16. The minimum atomic E-state index is -0.553. The monoisotopic (exact) mass is 499 g/mol. The quantitative estimate of drug-likeness (QED) is 0.218. The predicted molar refractivity (Wildman–Crippen MR) is 148 cm³/mol. The van der Waals surface area contributed by atoms with Crippen LogP contribution in [-0.2, 0) is 9.59 Å². The zero-order valence-corrected chi connectivity index (χ0v) is 23.4. The Balaban J connectivity index is 2.57. The molecule has 0 fully saturated rings. The van der Waals surface area contributed by atoms with Gasteiger partial charge >= 0.3 is 0 Å². The number of likely N-dealkylation sites (N-methyl/N-ethyl adjacent to an activating group) is 2. The zero-order valence-electron chi connectivity index (χ0n) is 23.4. The van der Waals surface area contributed by atoms with Crippen LogP contribution in [-0.4, -0.2) is 84.9 Å². The summed E-state index contributed by atoms with van der Waals surface area (Å²) in [6.45, 7) is 13.0. The highest BCUT2D eigenvalue weighted by atomic mass is 16.2. The fourth-order valence-electron chi connectivity index (χ4n) is 2.82. The fourth-order valence-corrected chi connectivity index (χ4v) is 2.82. The van der Waals surface area contributed by atoms with Crippen molar-refractivity contribution < 1.29 is 9.59 Å². The van der Waals surface area contributed by atoms with Crippen LogP contribution in [0.4, 0.5) is 11.8 Å². The van der Waals surface area contributed by atoms with Gasteiger partial charge < -0.3 is 25.8 Å². The van der Waals surface area contributed by atoms with Crippen molar-refractivity contribution in [1.29, 1.82) is 0 Å². The molecule has 0 radical (unpaired) electrons. The molecule has 0 aromatic carbocycles. The summed E-state index contributed by atoms with van der Waals surface area (Å²) in [6.07, 6.45) is 7.33. The highest BCUT2D eigenvalue weighted by Gasteiger charge is 2.20. The summed E-state index contributed by atoms with van der Waals surface area (Å²) < 4.78 is 0. The van der Waals surface area contributed by atoms with E-state index in [-0.39, 0.29) is 17.2 Å². The van der Waals surface area contributed by atoms with Gasteiger partial charge in [0.15, 0.2) is 0 Å². The van der Waals surface area contributed by atoms with E-state index in [0.29, 0.717) is 31.9 Å². The van der Waals surface area contributed by atoms with Gasteiger partial charge in [-0.2, -0.15) is 4.98 Å². The van der Waals surface area contributed by atoms with E-state index in [4.69, 9.17) is 0 Å². The van der Waals surface area contributed by atoms with Gasteiger partial charge in [0.2, 0.25) is 17.8 Å². The van der Waals surface area contributed by atoms with Gasteiger partial charge in [-0.3, -0.25) is 9.59 Å². The van der Waals surface area contributed by atoms with Crippen LogP contribution in [0.2, 0.25) is 0 Å². The van der Waals surface area contributed by atoms with Gasteiger partial charge in [-0.25, -0.2) is 4.98 Å². The predicted octanol–water partition coefficient (Wildman–Crippen LogP) is 2.97. The lowest BCUT2D eigenvalue weighted by atomic mass is 9.97. The summed E-state index contributed by atoms with van der Waals surface area (Å²) in [6, 6.07) is -0.553. The first-order valence-electron chi connectivity index (χ1n) is 12.6. The molecule has 0 spiro atoms. The number of nitrogens with zero attached hydrogens (tertiary/aromatic N) is 4. The van der Waals surface area contributed by atoms with Crippen LogP contribution in [0.15, 0.2) is 18.3 Å². The Morgan fingerprint density at radius 2 is 1.89 bits per heavy atom. The number of amides is 2. The molecular weight excluding hydrogens is 454 g/mol. The molecule has 36 heavy (non-hydrogen) atoms. The number of carbonyl (C=O) groups is 2. The molecule has 1 aromatic rings. The molecule has 0 aliphatic heterocycles. The number of unbranched alkanes of at least 4 members (excludes halogenated alkanes) is 1. The Hall–Kier alpha value is -3.12. The fraction of sp³-hybridized carbons (Fsp3) is 0.630. The third kappa shape index (κ3) is 12.5. The first kappa shape index (κ1) is 30.9. The van der Waals surface area contributed by atoms with Gasteiger partial charge in [0.05, 0.1) is 11.8 Å². The molecule has 0 saturated heterocycles. The molecule has 9 nitrogen and oxygen atoms in total. The molecular formula is C27H45N7O2. The van der Waals surface area contributed by atoms with Crippen LogP contribution >= 0.6 is 0 Å². The van der Waals surface area contributed by atoms with Crippen molar-refractivity contribution >= 4 is 23.6 Å². The molecule has 1 aromatic heterocycles. The van der Waals surface area contributed by atoms with Gasteiger partial charge in [0.25, 0.3) is 0 Å². The molecule has 0 aliphatic rings. The van der Waals surface area contributed by atoms with Crippen LogP contribution < -0.4 is 16.0 Å². The smallest absolute Gasteiger partial charge is 0.246 e. The second-order valence-corrected chi connectivity index (χ2v) is 10.3. The number of carbonyl (C=O) groups excluding carboxylic acids is 2. The second-order valence-electron chi connectivity index (χ2n) is 10.3. The molecule has 1 heterocycles. The molecule has 0 unspecified atom stereocenters. The minimum Gasteiger partial charge on any atom is -0.369 e. The summed E-state index contributed by atoms with van der Waals surface area (Å²) in [5.41, 5.74) is 0.879. The summed E-state index contributed by atoms with van der Waals surface area (Å²) in [5, 5.41) is 9.49. The molecule has 0 saturated carbocycles. The normalized spacial score (nSPS) is 12.1. The first-order chi connectivity index (χ1) is 16.9. The lowest BCUT2D eigenvalue weighted by molar-refractivity contribution is -0.135. The van der Waals surface area contributed by atoms with Gasteiger partial charge in [-0.05, 0) is 39.3 Å². The molecule has 0 bridgehead atoms. The van der Waals surface area contributed by atoms with E-state index in [0.717, 1.165) is 30.9 Å². The Morgan fingerprint density at radius 3 is 2.53 bits per heavy atom. The molecule has 1 atom stereocenters. The lowest BCUT2D eigenvalue weighted by Crippen LogP contribution is -2.45. The average molecular weight is 500 g/mol. The van der Waals surface area contributed by atoms with E-state index < -0.39 is 6.04 Å². The summed E-state index contributed by atoms with van der Waals surface area (Å²) in [5.74, 6) is 7.24. The largest absolute Gasteiger partial charge is 0.369 e. The standard InChI is InChI=1S/C27H45N7O2/c1-9-16-28-24-22(19-30-26(32-24)31-20-27(3,4)5)14-11-10-12-17-29-25(36)21(2)34(8)23(35)15-13-18-33(6)7/h13,15,19,21H,9-10,12,16-18,20H2,1-8H3,(H,29,36)(H2,28,30,31,32)/b15-13+/t21-/m0/s1. The van der Waals surface area contributed by atoms with Gasteiger partial charge in [0, 0.05) is 45.7 Å². The van der Waals surface area contributed by atoms with E-state index in [9.17, 15) is 9.59 Å². The van der Waals surface area contributed by atoms with Crippen LogP contribution in [0.25, 0.3) is 0 Å². The van der Waals surface area contributed by atoms with E-state index in [1.807, 2.05) is 19.0 Å². The first-order valence-corrected chi connectivity index (χ1v) is 12.6. The number of nitrogens with one attached hydrogen (secondary N) is 3. The third-order valence-corrected chi connectivity index (χ3v) is 5.15. The highest BCUT2D eigenvalue weighted by molar-refractivity contribution is 5.92. The molecule has 3 N–H and O–H groups in total. The van der Waals surface area contributed by atoms with Crippen LogP contribution in [0.5, 0.6) is 0 Å². The molecule has 9 heteroatoms. The summed E-state index contributed by atoms with van der Waals surface area (Å²) in [4.78, 5) is 37.0. The van der Waals surface area contributed by atoms with E-state index in [1.54, 1.807) is 26.2 Å². The summed E-state index contributed by atoms with van der Waals surface area (Å²) >= 11 is 0. The molecule has 1 rings (SSSR count). The van der Waals surface area contributed by atoms with Crippen molar-refractivity contribution in [2.45, 2.75) is 59.9 Å². The second kappa shape index (κ2) is 15.8. The van der Waals surface area contributed by atoms with Gasteiger partial charge in [-0.1, -0.05) is 45.6 Å². The van der Waals surface area contributed by atoms with Crippen molar-refractivity contribution in [2.24, 2.45) is 5.41 Å². The number of rotatable bonds is 13. The van der Waals surface area contributed by atoms with Crippen molar-refractivity contribution in [3.8, 4) is 11.8 Å².